The van der Waals surface area contributed by atoms with Gasteiger partial charge in [0, 0.05) is 49.4 Å². The molecular weight excluding hydrogens is 709 g/mol. The molecule has 4 aromatic heterocycles. The molecule has 282 valence electrons. The minimum absolute atomic E-state index is 0.167. The van der Waals surface area contributed by atoms with Crippen LogP contribution in [-0.4, -0.2) is 70.5 Å². The highest BCUT2D eigenvalue weighted by atomic mass is 16.2. The van der Waals surface area contributed by atoms with E-state index in [0.29, 0.717) is 34.6 Å². The van der Waals surface area contributed by atoms with Crippen molar-refractivity contribution in [2.24, 2.45) is 13.0 Å². The zero-order valence-corrected chi connectivity index (χ0v) is 30.9. The molecule has 3 fully saturated rings. The highest BCUT2D eigenvalue weighted by molar-refractivity contribution is 6.00. The van der Waals surface area contributed by atoms with Crippen LogP contribution in [0.5, 0.6) is 0 Å². The second-order valence-corrected chi connectivity index (χ2v) is 14.8. The fraction of sp³-hybridized carbons (Fsp3) is 0.310. The minimum Gasteiger partial charge on any atom is -0.348 e. The van der Waals surface area contributed by atoms with Crippen molar-refractivity contribution in [3.8, 4) is 23.1 Å². The number of hydrogen-bond donors (Lipinski definition) is 3. The highest BCUT2D eigenvalue weighted by Crippen LogP contribution is 2.27. The molecule has 2 saturated heterocycles. The van der Waals surface area contributed by atoms with E-state index in [2.05, 4.69) is 54.9 Å². The Labute approximate surface area is 321 Å². The van der Waals surface area contributed by atoms with Gasteiger partial charge in [0.1, 0.15) is 6.04 Å². The van der Waals surface area contributed by atoms with Gasteiger partial charge in [-0.25, -0.2) is 14.3 Å². The number of nitrogens with one attached hydrogen (secondary N) is 3. The number of para-hydroxylation sites is 1. The molecule has 0 radical (unpaired) electrons. The summed E-state index contributed by atoms with van der Waals surface area (Å²) in [6, 6.07) is 21.0. The number of benzene rings is 2. The monoisotopic (exact) mass is 748 g/mol. The van der Waals surface area contributed by atoms with Crippen LogP contribution in [0.25, 0.3) is 27.9 Å². The summed E-state index contributed by atoms with van der Waals surface area (Å²) in [6.07, 6.45) is 7.87. The number of aromatic nitrogens is 6. The lowest BCUT2D eigenvalue weighted by Gasteiger charge is -2.29. The summed E-state index contributed by atoms with van der Waals surface area (Å²) in [5, 5.41) is 13.4. The number of fused-ring (bicyclic) bond motifs is 2. The Kier molecular flexibility index (Phi) is 9.14. The fourth-order valence-corrected chi connectivity index (χ4v) is 7.62. The van der Waals surface area contributed by atoms with Crippen LogP contribution >= 0.6 is 0 Å². The van der Waals surface area contributed by atoms with E-state index in [9.17, 15) is 19.2 Å². The molecule has 6 aromatic rings. The summed E-state index contributed by atoms with van der Waals surface area (Å²) in [6.45, 7) is 2.62. The number of hydrogen-bond acceptors (Lipinski definition) is 9. The van der Waals surface area contributed by atoms with Crippen LogP contribution in [0.4, 0.5) is 11.5 Å². The fourth-order valence-electron chi connectivity index (χ4n) is 7.62. The van der Waals surface area contributed by atoms with Gasteiger partial charge in [-0.2, -0.15) is 0 Å². The minimum atomic E-state index is -0.729. The van der Waals surface area contributed by atoms with E-state index >= 15 is 0 Å². The summed E-state index contributed by atoms with van der Waals surface area (Å²) in [4.78, 5) is 61.9. The zero-order valence-electron chi connectivity index (χ0n) is 30.9. The number of rotatable bonds is 8. The van der Waals surface area contributed by atoms with Crippen molar-refractivity contribution >= 4 is 45.9 Å². The van der Waals surface area contributed by atoms with Crippen molar-refractivity contribution in [3.05, 3.63) is 106 Å². The first kappa shape index (κ1) is 35.1. The number of anilines is 2. The number of aryl methyl sites for hydroxylation is 1. The van der Waals surface area contributed by atoms with E-state index in [4.69, 9.17) is 4.98 Å². The molecular formula is C42H40N10O4. The number of amides is 3. The Morgan fingerprint density at radius 2 is 1.77 bits per heavy atom. The number of piperidine rings is 2. The molecule has 3 aliphatic rings. The molecule has 2 aromatic carbocycles. The van der Waals surface area contributed by atoms with Gasteiger partial charge < -0.3 is 10.6 Å². The summed E-state index contributed by atoms with van der Waals surface area (Å²) in [5.74, 6) is 6.70. The first-order valence-electron chi connectivity index (χ1n) is 19.0. The number of likely N-dealkylation sites (tertiary alicyclic amines) is 1. The van der Waals surface area contributed by atoms with Crippen molar-refractivity contribution in [3.63, 3.8) is 0 Å². The molecule has 6 heterocycles. The Morgan fingerprint density at radius 3 is 2.55 bits per heavy atom. The van der Waals surface area contributed by atoms with Crippen molar-refractivity contribution < 1.29 is 14.4 Å². The molecule has 2 aliphatic heterocycles. The number of carbonyl (C=O) groups is 3. The van der Waals surface area contributed by atoms with Gasteiger partial charge in [-0.05, 0) is 93.2 Å². The molecule has 1 saturated carbocycles. The number of imide groups is 1. The third-order valence-corrected chi connectivity index (χ3v) is 10.8. The first-order chi connectivity index (χ1) is 27.3. The van der Waals surface area contributed by atoms with E-state index in [1.807, 2.05) is 60.8 Å². The quantitative estimate of drug-likeness (QED) is 0.152. The van der Waals surface area contributed by atoms with E-state index in [0.717, 1.165) is 73.4 Å². The molecule has 14 nitrogen and oxygen atoms in total. The topological polar surface area (TPSA) is 161 Å². The van der Waals surface area contributed by atoms with Gasteiger partial charge in [0.05, 0.1) is 28.5 Å². The lowest BCUT2D eigenvalue weighted by Crippen LogP contribution is -2.44. The van der Waals surface area contributed by atoms with Gasteiger partial charge >= 0.3 is 5.69 Å². The lowest BCUT2D eigenvalue weighted by molar-refractivity contribution is -0.135. The van der Waals surface area contributed by atoms with E-state index in [-0.39, 0.29) is 35.9 Å². The molecule has 3 N–H and O–H groups in total. The van der Waals surface area contributed by atoms with Gasteiger partial charge in [0.25, 0.3) is 5.91 Å². The van der Waals surface area contributed by atoms with E-state index < -0.39 is 11.9 Å². The third-order valence-electron chi connectivity index (χ3n) is 10.8. The SMILES string of the molecule is Cn1c(=O)n(C2CCC(=O)NC2=O)c2cccc(C#CC3CCN(Cc4ccc(-c5cccc(Nc6ccc7ncc(C(=O)NC8CC8)n7n6)c5)nc4)CC3)c21. The molecule has 3 amide bonds. The van der Waals surface area contributed by atoms with Crippen LogP contribution in [-0.2, 0) is 23.2 Å². The number of pyridine rings is 1. The molecule has 56 heavy (non-hydrogen) atoms. The predicted octanol–water partition coefficient (Wildman–Crippen LogP) is 4.32. The van der Waals surface area contributed by atoms with Gasteiger partial charge in [-0.15, -0.1) is 5.10 Å². The summed E-state index contributed by atoms with van der Waals surface area (Å²) >= 11 is 0. The van der Waals surface area contributed by atoms with Crippen molar-refractivity contribution in [1.82, 2.24) is 44.2 Å². The molecule has 1 aliphatic carbocycles. The van der Waals surface area contributed by atoms with Crippen molar-refractivity contribution in [2.75, 3.05) is 18.4 Å². The Hall–Kier alpha value is -6.59. The lowest BCUT2D eigenvalue weighted by atomic mass is 9.96. The van der Waals surface area contributed by atoms with Gasteiger partial charge in [-0.1, -0.05) is 36.1 Å². The van der Waals surface area contributed by atoms with Crippen molar-refractivity contribution in [1.29, 1.82) is 0 Å². The number of imidazole rings is 2. The second kappa shape index (κ2) is 14.6. The summed E-state index contributed by atoms with van der Waals surface area (Å²) in [7, 11) is 1.70. The Bertz CT molecular complexity index is 2640. The average Bonchev–Trinajstić information content (AvgIpc) is 3.86. The maximum atomic E-state index is 13.3. The van der Waals surface area contributed by atoms with Crippen molar-refractivity contribution in [2.45, 2.75) is 57.2 Å². The molecule has 1 unspecified atom stereocenters. The average molecular weight is 749 g/mol. The Morgan fingerprint density at radius 1 is 0.929 bits per heavy atom. The highest BCUT2D eigenvalue weighted by Gasteiger charge is 2.32. The normalized spacial score (nSPS) is 17.8. The maximum Gasteiger partial charge on any atom is 0.329 e. The number of nitrogens with zero attached hydrogens (tertiary/aromatic N) is 7. The van der Waals surface area contributed by atoms with E-state index in [1.165, 1.54) is 4.57 Å². The Balaban J connectivity index is 0.818. The molecule has 0 bridgehead atoms. The first-order valence-corrected chi connectivity index (χ1v) is 19.0. The van der Waals surface area contributed by atoms with Gasteiger partial charge in [0.15, 0.2) is 17.2 Å². The largest absolute Gasteiger partial charge is 0.348 e. The molecule has 0 spiro atoms. The van der Waals surface area contributed by atoms with Crippen LogP contribution in [0, 0.1) is 17.8 Å². The standard InChI is InChI=1S/C42H40N10O4/c1-49-39-28(4-3-7-33(39)51(42(49)56)34-14-17-38(53)47-40(34)54)10-8-26-18-20-50(21-19-26)25-27-9-13-32(43-23-27)29-5-2-6-31(22-29)45-36-15-16-37-44-24-35(52(37)48-36)41(55)46-30-11-12-30/h2-7,9,13,15-16,22-24,26,30,34H,11-12,14,17-21,25H2,1H3,(H,45,48)(H,46,55)(H,47,53,54). The second-order valence-electron chi connectivity index (χ2n) is 14.8. The molecule has 1 atom stereocenters. The van der Waals surface area contributed by atoms with E-state index in [1.54, 1.807) is 22.3 Å². The maximum absolute atomic E-state index is 13.3. The smallest absolute Gasteiger partial charge is 0.329 e. The summed E-state index contributed by atoms with van der Waals surface area (Å²) in [5.41, 5.74) is 6.63. The van der Waals surface area contributed by atoms with Crippen LogP contribution < -0.4 is 21.6 Å². The third kappa shape index (κ3) is 7.04. The van der Waals surface area contributed by atoms with Crippen LogP contribution in [0.3, 0.4) is 0 Å². The summed E-state index contributed by atoms with van der Waals surface area (Å²) < 4.78 is 4.61. The van der Waals surface area contributed by atoms with Crippen LogP contribution in [0.2, 0.25) is 0 Å². The molecule has 9 rings (SSSR count). The predicted molar refractivity (Wildman–Crippen MR) is 210 cm³/mol. The molecule has 14 heteroatoms. The zero-order chi connectivity index (χ0) is 38.3. The van der Waals surface area contributed by atoms with Crippen LogP contribution in [0.15, 0.2) is 83.9 Å². The van der Waals surface area contributed by atoms with Gasteiger partial charge in [0.2, 0.25) is 11.8 Å². The van der Waals surface area contributed by atoms with Crippen LogP contribution in [0.1, 0.15) is 66.2 Å². The number of carbonyl (C=O) groups excluding carboxylic acids is 3. The van der Waals surface area contributed by atoms with Gasteiger partial charge in [-0.3, -0.25) is 38.7 Å².